The summed E-state index contributed by atoms with van der Waals surface area (Å²) in [6.45, 7) is 2.56. The number of hydrogen-bond donors (Lipinski definition) is 1. The van der Waals surface area contributed by atoms with Crippen LogP contribution in [0.25, 0.3) is 0 Å². The lowest BCUT2D eigenvalue weighted by molar-refractivity contribution is 0.176. The van der Waals surface area contributed by atoms with Crippen LogP contribution in [0, 0.1) is 6.92 Å². The summed E-state index contributed by atoms with van der Waals surface area (Å²) in [6, 6.07) is 8.06. The minimum atomic E-state index is -0.114. The summed E-state index contributed by atoms with van der Waals surface area (Å²) in [4.78, 5) is 4.36. The van der Waals surface area contributed by atoms with Gasteiger partial charge in [-0.25, -0.2) is 0 Å². The van der Waals surface area contributed by atoms with Crippen LogP contribution in [-0.4, -0.2) is 29.9 Å². The van der Waals surface area contributed by atoms with Gasteiger partial charge in [0.15, 0.2) is 5.82 Å². The summed E-state index contributed by atoms with van der Waals surface area (Å²) < 4.78 is 10.2. The standard InChI is InChI=1S/C14H19N3O2/c1-10-5-3-4-6-11(10)7-13-16-14(19-17-13)8-12(15)9-18-2/h3-6,12H,7-9,15H2,1-2H3. The second-order valence-corrected chi connectivity index (χ2v) is 4.63. The molecule has 0 spiro atoms. The molecule has 102 valence electrons. The zero-order valence-corrected chi connectivity index (χ0v) is 11.3. The Kier molecular flexibility index (Phi) is 4.65. The Hall–Kier alpha value is -1.72. The Morgan fingerprint density at radius 1 is 1.37 bits per heavy atom. The predicted molar refractivity (Wildman–Crippen MR) is 71.8 cm³/mol. The van der Waals surface area contributed by atoms with Crippen molar-refractivity contribution in [1.29, 1.82) is 0 Å². The average molecular weight is 261 g/mol. The molecule has 0 amide bonds. The summed E-state index contributed by atoms with van der Waals surface area (Å²) in [5.41, 5.74) is 8.28. The van der Waals surface area contributed by atoms with E-state index in [1.54, 1.807) is 7.11 Å². The van der Waals surface area contributed by atoms with Crippen LogP contribution in [0.15, 0.2) is 28.8 Å². The molecule has 5 nitrogen and oxygen atoms in total. The van der Waals surface area contributed by atoms with Gasteiger partial charge in [0.25, 0.3) is 0 Å². The molecule has 0 aliphatic rings. The molecular formula is C14H19N3O2. The van der Waals surface area contributed by atoms with Crippen LogP contribution < -0.4 is 5.73 Å². The summed E-state index contributed by atoms with van der Waals surface area (Å²) in [5, 5.41) is 3.98. The van der Waals surface area contributed by atoms with E-state index in [1.807, 2.05) is 12.1 Å². The van der Waals surface area contributed by atoms with Gasteiger partial charge >= 0.3 is 0 Å². The predicted octanol–water partition coefficient (Wildman–Crippen LogP) is 1.49. The van der Waals surface area contributed by atoms with Gasteiger partial charge in [-0.05, 0) is 18.1 Å². The lowest BCUT2D eigenvalue weighted by Gasteiger charge is -2.05. The lowest BCUT2D eigenvalue weighted by atomic mass is 10.1. The number of nitrogens with zero attached hydrogens (tertiary/aromatic N) is 2. The molecule has 0 saturated heterocycles. The lowest BCUT2D eigenvalue weighted by Crippen LogP contribution is -2.28. The number of aryl methyl sites for hydroxylation is 1. The SMILES string of the molecule is COCC(N)Cc1nc(Cc2ccccc2C)no1. The summed E-state index contributed by atoms with van der Waals surface area (Å²) in [7, 11) is 1.62. The van der Waals surface area contributed by atoms with Crippen molar-refractivity contribution in [3.05, 3.63) is 47.1 Å². The molecule has 0 saturated carbocycles. The third-order valence-electron chi connectivity index (χ3n) is 2.94. The first-order valence-electron chi connectivity index (χ1n) is 6.29. The molecule has 2 aromatic rings. The summed E-state index contributed by atoms with van der Waals surface area (Å²) >= 11 is 0. The highest BCUT2D eigenvalue weighted by atomic mass is 16.5. The fourth-order valence-corrected chi connectivity index (χ4v) is 1.92. The Labute approximate surface area is 112 Å². The molecule has 1 atom stereocenters. The van der Waals surface area contributed by atoms with E-state index in [9.17, 15) is 0 Å². The minimum Gasteiger partial charge on any atom is -0.383 e. The third kappa shape index (κ3) is 3.87. The van der Waals surface area contributed by atoms with Crippen LogP contribution in [0.2, 0.25) is 0 Å². The fraction of sp³-hybridized carbons (Fsp3) is 0.429. The molecule has 0 radical (unpaired) electrons. The molecule has 2 N–H and O–H groups in total. The number of aromatic nitrogens is 2. The normalized spacial score (nSPS) is 12.6. The maximum absolute atomic E-state index is 5.85. The van der Waals surface area contributed by atoms with Crippen molar-refractivity contribution >= 4 is 0 Å². The van der Waals surface area contributed by atoms with Crippen LogP contribution >= 0.6 is 0 Å². The van der Waals surface area contributed by atoms with Crippen molar-refractivity contribution in [3.8, 4) is 0 Å². The Bertz CT molecular complexity index is 525. The smallest absolute Gasteiger partial charge is 0.228 e. The molecular weight excluding hydrogens is 242 g/mol. The molecule has 0 bridgehead atoms. The third-order valence-corrected chi connectivity index (χ3v) is 2.94. The molecule has 1 unspecified atom stereocenters. The summed E-state index contributed by atoms with van der Waals surface area (Å²) in [5.74, 6) is 1.25. The van der Waals surface area contributed by atoms with Gasteiger partial charge in [0, 0.05) is 26.0 Å². The summed E-state index contributed by atoms with van der Waals surface area (Å²) in [6.07, 6.45) is 1.21. The number of hydrogen-bond acceptors (Lipinski definition) is 5. The first-order valence-corrected chi connectivity index (χ1v) is 6.29. The topological polar surface area (TPSA) is 74.2 Å². The van der Waals surface area contributed by atoms with Crippen LogP contribution in [-0.2, 0) is 17.6 Å². The van der Waals surface area contributed by atoms with Crippen LogP contribution in [0.1, 0.15) is 22.8 Å². The van der Waals surface area contributed by atoms with E-state index in [4.69, 9.17) is 15.0 Å². The van der Waals surface area contributed by atoms with Crippen molar-refractivity contribution in [2.45, 2.75) is 25.8 Å². The maximum atomic E-state index is 5.85. The van der Waals surface area contributed by atoms with Crippen LogP contribution in [0.5, 0.6) is 0 Å². The van der Waals surface area contributed by atoms with Gasteiger partial charge in [-0.15, -0.1) is 0 Å². The quantitative estimate of drug-likeness (QED) is 0.852. The monoisotopic (exact) mass is 261 g/mol. The van der Waals surface area contributed by atoms with Crippen molar-refractivity contribution < 1.29 is 9.26 Å². The van der Waals surface area contributed by atoms with Gasteiger partial charge in [0.2, 0.25) is 5.89 Å². The van der Waals surface area contributed by atoms with E-state index >= 15 is 0 Å². The minimum absolute atomic E-state index is 0.114. The first-order chi connectivity index (χ1) is 9.19. The molecule has 0 aliphatic carbocycles. The highest BCUT2D eigenvalue weighted by molar-refractivity contribution is 5.27. The maximum Gasteiger partial charge on any atom is 0.228 e. The number of nitrogens with two attached hydrogens (primary N) is 1. The van der Waals surface area contributed by atoms with E-state index in [2.05, 4.69) is 29.2 Å². The number of methoxy groups -OCH3 is 1. The Morgan fingerprint density at radius 3 is 2.89 bits per heavy atom. The van der Waals surface area contributed by atoms with Crippen molar-refractivity contribution in [1.82, 2.24) is 10.1 Å². The van der Waals surface area contributed by atoms with Crippen molar-refractivity contribution in [2.24, 2.45) is 5.73 Å². The van der Waals surface area contributed by atoms with Crippen molar-refractivity contribution in [3.63, 3.8) is 0 Å². The second-order valence-electron chi connectivity index (χ2n) is 4.63. The highest BCUT2D eigenvalue weighted by Gasteiger charge is 2.12. The molecule has 0 fully saturated rings. The van der Waals surface area contributed by atoms with E-state index in [0.29, 0.717) is 31.2 Å². The molecule has 1 aromatic carbocycles. The van der Waals surface area contributed by atoms with Gasteiger partial charge < -0.3 is 15.0 Å². The van der Waals surface area contributed by atoms with Gasteiger partial charge in [-0.1, -0.05) is 29.4 Å². The van der Waals surface area contributed by atoms with E-state index < -0.39 is 0 Å². The fourth-order valence-electron chi connectivity index (χ4n) is 1.92. The van der Waals surface area contributed by atoms with Crippen LogP contribution in [0.3, 0.4) is 0 Å². The first kappa shape index (κ1) is 13.7. The molecule has 5 heteroatoms. The van der Waals surface area contributed by atoms with E-state index in [0.717, 1.165) is 0 Å². The van der Waals surface area contributed by atoms with Crippen LogP contribution in [0.4, 0.5) is 0 Å². The average Bonchev–Trinajstić information content (AvgIpc) is 2.80. The number of rotatable bonds is 6. The van der Waals surface area contributed by atoms with Gasteiger partial charge in [-0.3, -0.25) is 0 Å². The van der Waals surface area contributed by atoms with E-state index in [-0.39, 0.29) is 6.04 Å². The van der Waals surface area contributed by atoms with Gasteiger partial charge in [-0.2, -0.15) is 4.98 Å². The zero-order chi connectivity index (χ0) is 13.7. The van der Waals surface area contributed by atoms with E-state index in [1.165, 1.54) is 11.1 Å². The van der Waals surface area contributed by atoms with Crippen molar-refractivity contribution in [2.75, 3.05) is 13.7 Å². The Balaban J connectivity index is 2.00. The Morgan fingerprint density at radius 2 is 2.16 bits per heavy atom. The highest BCUT2D eigenvalue weighted by Crippen LogP contribution is 2.12. The largest absolute Gasteiger partial charge is 0.383 e. The molecule has 0 aliphatic heterocycles. The zero-order valence-electron chi connectivity index (χ0n) is 11.3. The van der Waals surface area contributed by atoms with Gasteiger partial charge in [0.05, 0.1) is 6.61 Å². The van der Waals surface area contributed by atoms with Gasteiger partial charge in [0.1, 0.15) is 0 Å². The second kappa shape index (κ2) is 6.45. The molecule has 19 heavy (non-hydrogen) atoms. The molecule has 1 heterocycles. The molecule has 1 aromatic heterocycles. The molecule has 2 rings (SSSR count). The number of benzene rings is 1. The number of ether oxygens (including phenoxy) is 1.